The van der Waals surface area contributed by atoms with Crippen molar-refractivity contribution in [3.63, 3.8) is 0 Å². The molecule has 5 heteroatoms. The zero-order chi connectivity index (χ0) is 13.3. The number of rotatable bonds is 3. The van der Waals surface area contributed by atoms with Gasteiger partial charge in [0.25, 0.3) is 5.56 Å². The Morgan fingerprint density at radius 2 is 2.22 bits per heavy atom. The van der Waals surface area contributed by atoms with E-state index in [-0.39, 0.29) is 17.5 Å². The van der Waals surface area contributed by atoms with Crippen molar-refractivity contribution in [2.24, 2.45) is 5.92 Å². The monoisotopic (exact) mass is 250 g/mol. The number of nitrogens with zero attached hydrogens (tertiary/aromatic N) is 1. The lowest BCUT2D eigenvalue weighted by molar-refractivity contribution is -0.136. The number of nitrogens with one attached hydrogen (secondary N) is 1. The number of carboxylic acid groups (broad SMARTS) is 1. The summed E-state index contributed by atoms with van der Waals surface area (Å²) >= 11 is 0. The number of aromatic nitrogens is 2. The topological polar surface area (TPSA) is 83.0 Å². The van der Waals surface area contributed by atoms with Gasteiger partial charge in [-0.05, 0) is 32.1 Å². The maximum Gasteiger partial charge on any atom is 0.308 e. The smallest absolute Gasteiger partial charge is 0.308 e. The van der Waals surface area contributed by atoms with Gasteiger partial charge in [0, 0.05) is 17.2 Å². The zero-order valence-electron chi connectivity index (χ0n) is 10.7. The van der Waals surface area contributed by atoms with E-state index in [1.54, 1.807) is 6.92 Å². The SMILES string of the molecule is Cc1nc(C2CCC(C)C2)[nH]c(=O)c1CC(=O)O. The van der Waals surface area contributed by atoms with Gasteiger partial charge in [0.05, 0.1) is 6.42 Å². The maximum absolute atomic E-state index is 11.9. The molecule has 1 aromatic heterocycles. The molecule has 1 heterocycles. The molecule has 0 aromatic carbocycles. The highest BCUT2D eigenvalue weighted by atomic mass is 16.4. The molecular formula is C13H18N2O3. The summed E-state index contributed by atoms with van der Waals surface area (Å²) in [5, 5.41) is 8.75. The predicted molar refractivity (Wildman–Crippen MR) is 66.7 cm³/mol. The molecule has 0 bridgehead atoms. The van der Waals surface area contributed by atoms with Crippen LogP contribution in [0.5, 0.6) is 0 Å². The van der Waals surface area contributed by atoms with Crippen LogP contribution in [0, 0.1) is 12.8 Å². The Bertz CT molecular complexity index is 521. The van der Waals surface area contributed by atoms with E-state index >= 15 is 0 Å². The molecule has 2 N–H and O–H groups in total. The minimum absolute atomic E-state index is 0.261. The highest BCUT2D eigenvalue weighted by Crippen LogP contribution is 2.36. The van der Waals surface area contributed by atoms with Gasteiger partial charge in [0.1, 0.15) is 5.82 Å². The van der Waals surface area contributed by atoms with Crippen LogP contribution in [-0.4, -0.2) is 21.0 Å². The second kappa shape index (κ2) is 4.92. The first kappa shape index (κ1) is 12.8. The van der Waals surface area contributed by atoms with Crippen molar-refractivity contribution in [2.45, 2.75) is 45.4 Å². The average Bonchev–Trinajstić information content (AvgIpc) is 2.70. The van der Waals surface area contributed by atoms with E-state index in [1.165, 1.54) is 0 Å². The number of aromatic amines is 1. The quantitative estimate of drug-likeness (QED) is 0.853. The summed E-state index contributed by atoms with van der Waals surface area (Å²) in [6, 6.07) is 0. The lowest BCUT2D eigenvalue weighted by Gasteiger charge is -2.11. The summed E-state index contributed by atoms with van der Waals surface area (Å²) in [6.07, 6.45) is 2.97. The highest BCUT2D eigenvalue weighted by molar-refractivity contribution is 5.70. The number of aliphatic carboxylic acids is 1. The minimum atomic E-state index is -1.01. The van der Waals surface area contributed by atoms with Gasteiger partial charge in [-0.3, -0.25) is 9.59 Å². The molecule has 0 radical (unpaired) electrons. The molecule has 98 valence electrons. The van der Waals surface area contributed by atoms with Gasteiger partial charge >= 0.3 is 5.97 Å². The minimum Gasteiger partial charge on any atom is -0.481 e. The lowest BCUT2D eigenvalue weighted by Crippen LogP contribution is -2.22. The normalized spacial score (nSPS) is 23.2. The van der Waals surface area contributed by atoms with E-state index in [4.69, 9.17) is 5.11 Å². The standard InChI is InChI=1S/C13H18N2O3/c1-7-3-4-9(5-7)12-14-8(2)10(6-11(16)17)13(18)15-12/h7,9H,3-6H2,1-2H3,(H,16,17)(H,14,15,18). The number of H-pyrrole nitrogens is 1. The van der Waals surface area contributed by atoms with Crippen LogP contribution in [0.3, 0.4) is 0 Å². The first-order valence-corrected chi connectivity index (χ1v) is 6.29. The number of hydrogen-bond donors (Lipinski definition) is 2. The summed E-state index contributed by atoms with van der Waals surface area (Å²) in [4.78, 5) is 29.7. The molecule has 0 saturated heterocycles. The highest BCUT2D eigenvalue weighted by Gasteiger charge is 2.25. The number of aryl methyl sites for hydroxylation is 1. The summed E-state index contributed by atoms with van der Waals surface area (Å²) in [5.41, 5.74) is 0.493. The first-order valence-electron chi connectivity index (χ1n) is 6.29. The molecule has 2 atom stereocenters. The number of carboxylic acids is 1. The van der Waals surface area contributed by atoms with Crippen LogP contribution in [0.15, 0.2) is 4.79 Å². The average molecular weight is 250 g/mol. The largest absolute Gasteiger partial charge is 0.481 e. The fourth-order valence-electron chi connectivity index (χ4n) is 2.64. The Morgan fingerprint density at radius 3 is 2.72 bits per heavy atom. The zero-order valence-corrected chi connectivity index (χ0v) is 10.7. The van der Waals surface area contributed by atoms with Crippen LogP contribution >= 0.6 is 0 Å². The van der Waals surface area contributed by atoms with Crippen molar-refractivity contribution < 1.29 is 9.90 Å². The summed E-state index contributed by atoms with van der Waals surface area (Å²) in [6.45, 7) is 3.90. The van der Waals surface area contributed by atoms with Crippen LogP contribution in [0.4, 0.5) is 0 Å². The predicted octanol–water partition coefficient (Wildman–Crippen LogP) is 1.61. The van der Waals surface area contributed by atoms with Crippen molar-refractivity contribution in [2.75, 3.05) is 0 Å². The fourth-order valence-corrected chi connectivity index (χ4v) is 2.64. The van der Waals surface area contributed by atoms with Gasteiger partial charge in [-0.2, -0.15) is 0 Å². The van der Waals surface area contributed by atoms with Gasteiger partial charge in [-0.15, -0.1) is 0 Å². The second-order valence-electron chi connectivity index (χ2n) is 5.20. The van der Waals surface area contributed by atoms with Crippen molar-refractivity contribution in [3.8, 4) is 0 Å². The van der Waals surface area contributed by atoms with Crippen LogP contribution in [0.2, 0.25) is 0 Å². The Kier molecular flexibility index (Phi) is 3.50. The third-order valence-electron chi connectivity index (χ3n) is 3.65. The van der Waals surface area contributed by atoms with Crippen LogP contribution in [0.1, 0.15) is 49.2 Å². The number of hydrogen-bond acceptors (Lipinski definition) is 3. The molecule has 1 fully saturated rings. The van der Waals surface area contributed by atoms with Crippen molar-refractivity contribution >= 4 is 5.97 Å². The molecular weight excluding hydrogens is 232 g/mol. The molecule has 2 unspecified atom stereocenters. The molecule has 1 aliphatic rings. The van der Waals surface area contributed by atoms with Gasteiger partial charge in [-0.25, -0.2) is 4.98 Å². The fraction of sp³-hybridized carbons (Fsp3) is 0.615. The molecule has 18 heavy (non-hydrogen) atoms. The van der Waals surface area contributed by atoms with Gasteiger partial charge in [0.2, 0.25) is 0 Å². The summed E-state index contributed by atoms with van der Waals surface area (Å²) in [7, 11) is 0. The van der Waals surface area contributed by atoms with E-state index in [2.05, 4.69) is 16.9 Å². The Hall–Kier alpha value is -1.65. The molecule has 0 amide bonds. The molecule has 1 saturated carbocycles. The third kappa shape index (κ3) is 2.60. The molecule has 0 aliphatic heterocycles. The van der Waals surface area contributed by atoms with Gasteiger partial charge < -0.3 is 10.1 Å². The molecule has 5 nitrogen and oxygen atoms in total. The Labute approximate surface area is 105 Å². The van der Waals surface area contributed by atoms with E-state index in [9.17, 15) is 9.59 Å². The number of carbonyl (C=O) groups is 1. The Morgan fingerprint density at radius 1 is 1.50 bits per heavy atom. The van der Waals surface area contributed by atoms with Crippen molar-refractivity contribution in [3.05, 3.63) is 27.4 Å². The van der Waals surface area contributed by atoms with E-state index in [1.807, 2.05) is 0 Å². The van der Waals surface area contributed by atoms with Gasteiger partial charge in [-0.1, -0.05) is 6.92 Å². The van der Waals surface area contributed by atoms with Crippen LogP contribution in [-0.2, 0) is 11.2 Å². The molecule has 2 rings (SSSR count). The van der Waals surface area contributed by atoms with Crippen molar-refractivity contribution in [1.82, 2.24) is 9.97 Å². The molecule has 1 aliphatic carbocycles. The maximum atomic E-state index is 11.9. The molecule has 1 aromatic rings. The van der Waals surface area contributed by atoms with Crippen LogP contribution < -0.4 is 5.56 Å². The van der Waals surface area contributed by atoms with E-state index in [0.29, 0.717) is 17.5 Å². The lowest BCUT2D eigenvalue weighted by atomic mass is 10.0. The van der Waals surface area contributed by atoms with E-state index in [0.717, 1.165) is 25.1 Å². The first-order chi connectivity index (χ1) is 8.47. The summed E-state index contributed by atoms with van der Waals surface area (Å²) < 4.78 is 0. The summed E-state index contributed by atoms with van der Waals surface area (Å²) in [5.74, 6) is 0.688. The Balaban J connectivity index is 2.30. The van der Waals surface area contributed by atoms with Crippen LogP contribution in [0.25, 0.3) is 0 Å². The second-order valence-corrected chi connectivity index (χ2v) is 5.20. The molecule has 0 spiro atoms. The van der Waals surface area contributed by atoms with Crippen molar-refractivity contribution in [1.29, 1.82) is 0 Å². The van der Waals surface area contributed by atoms with E-state index < -0.39 is 5.97 Å². The third-order valence-corrected chi connectivity index (χ3v) is 3.65. The van der Waals surface area contributed by atoms with Gasteiger partial charge in [0.15, 0.2) is 0 Å².